The number of nitrogens with one attached hydrogen (secondary N) is 3. The van der Waals surface area contributed by atoms with Crippen molar-refractivity contribution in [2.45, 2.75) is 19.4 Å². The van der Waals surface area contributed by atoms with Crippen molar-refractivity contribution in [2.75, 3.05) is 6.54 Å². The van der Waals surface area contributed by atoms with E-state index in [0.717, 1.165) is 18.7 Å². The molecule has 2 aromatic heterocycles. The lowest BCUT2D eigenvalue weighted by Gasteiger charge is -2.11. The minimum absolute atomic E-state index is 0.299. The Morgan fingerprint density at radius 3 is 3.00 bits per heavy atom. The Morgan fingerprint density at radius 2 is 2.16 bits per heavy atom. The van der Waals surface area contributed by atoms with Gasteiger partial charge in [0.05, 0.1) is 5.69 Å². The molecule has 1 unspecified atom stereocenters. The molecule has 3 aromatic rings. The first-order chi connectivity index (χ1) is 9.34. The van der Waals surface area contributed by atoms with E-state index in [2.05, 4.69) is 57.9 Å². The van der Waals surface area contributed by atoms with E-state index in [-0.39, 0.29) is 0 Å². The van der Waals surface area contributed by atoms with E-state index in [1.807, 2.05) is 6.07 Å². The van der Waals surface area contributed by atoms with Crippen LogP contribution < -0.4 is 5.32 Å². The summed E-state index contributed by atoms with van der Waals surface area (Å²) < 4.78 is 0. The summed E-state index contributed by atoms with van der Waals surface area (Å²) in [5, 5.41) is 11.8. The molecule has 3 rings (SSSR count). The monoisotopic (exact) mass is 254 g/mol. The fraction of sp³-hybridized carbons (Fsp3) is 0.267. The molecule has 1 atom stereocenters. The van der Waals surface area contributed by atoms with Gasteiger partial charge in [-0.05, 0) is 37.6 Å². The number of aromatic amines is 2. The third-order valence-electron chi connectivity index (χ3n) is 3.51. The van der Waals surface area contributed by atoms with E-state index in [1.54, 1.807) is 6.20 Å². The van der Waals surface area contributed by atoms with Crippen LogP contribution in [-0.4, -0.2) is 21.7 Å². The Morgan fingerprint density at radius 1 is 1.26 bits per heavy atom. The van der Waals surface area contributed by atoms with Crippen LogP contribution in [0.1, 0.15) is 24.2 Å². The van der Waals surface area contributed by atoms with E-state index in [0.29, 0.717) is 6.04 Å². The summed E-state index contributed by atoms with van der Waals surface area (Å²) in [5.41, 5.74) is 3.69. The van der Waals surface area contributed by atoms with Gasteiger partial charge in [-0.25, -0.2) is 0 Å². The molecule has 0 saturated carbocycles. The van der Waals surface area contributed by atoms with Crippen molar-refractivity contribution in [3.05, 3.63) is 54.0 Å². The van der Waals surface area contributed by atoms with E-state index < -0.39 is 0 Å². The predicted octanol–water partition coefficient (Wildman–Crippen LogP) is 2.78. The van der Waals surface area contributed by atoms with Gasteiger partial charge in [-0.1, -0.05) is 18.2 Å². The highest BCUT2D eigenvalue weighted by Gasteiger charge is 2.06. The topological polar surface area (TPSA) is 56.5 Å². The lowest BCUT2D eigenvalue weighted by molar-refractivity contribution is 0.563. The zero-order valence-corrected chi connectivity index (χ0v) is 11.0. The molecule has 0 aliphatic carbocycles. The van der Waals surface area contributed by atoms with Crippen LogP contribution in [0.3, 0.4) is 0 Å². The first kappa shape index (κ1) is 12.0. The van der Waals surface area contributed by atoms with Gasteiger partial charge in [0.25, 0.3) is 0 Å². The molecule has 0 radical (unpaired) electrons. The van der Waals surface area contributed by atoms with Gasteiger partial charge in [0, 0.05) is 29.3 Å². The molecule has 0 aliphatic rings. The van der Waals surface area contributed by atoms with Crippen molar-refractivity contribution in [2.24, 2.45) is 0 Å². The molecule has 0 spiro atoms. The summed E-state index contributed by atoms with van der Waals surface area (Å²) in [6, 6.07) is 10.7. The molecule has 4 heteroatoms. The molecular weight excluding hydrogens is 236 g/mol. The molecule has 0 saturated heterocycles. The first-order valence-electron chi connectivity index (χ1n) is 6.62. The number of aromatic nitrogens is 3. The quantitative estimate of drug-likeness (QED) is 0.655. The zero-order valence-electron chi connectivity index (χ0n) is 11.0. The van der Waals surface area contributed by atoms with Crippen molar-refractivity contribution in [3.8, 4) is 0 Å². The molecule has 0 bridgehead atoms. The predicted molar refractivity (Wildman–Crippen MR) is 77.0 cm³/mol. The van der Waals surface area contributed by atoms with E-state index in [1.165, 1.54) is 16.5 Å². The Balaban J connectivity index is 1.61. The lowest BCUT2D eigenvalue weighted by atomic mass is 10.1. The van der Waals surface area contributed by atoms with Gasteiger partial charge < -0.3 is 10.3 Å². The third-order valence-corrected chi connectivity index (χ3v) is 3.51. The Kier molecular flexibility index (Phi) is 3.33. The van der Waals surface area contributed by atoms with Gasteiger partial charge in [-0.15, -0.1) is 0 Å². The Labute approximate surface area is 112 Å². The number of benzene rings is 1. The van der Waals surface area contributed by atoms with Crippen molar-refractivity contribution in [3.63, 3.8) is 0 Å². The summed E-state index contributed by atoms with van der Waals surface area (Å²) in [6.45, 7) is 3.09. The van der Waals surface area contributed by atoms with Crippen molar-refractivity contribution < 1.29 is 0 Å². The molecule has 0 aliphatic heterocycles. The average Bonchev–Trinajstić information content (AvgIpc) is 3.08. The van der Waals surface area contributed by atoms with Crippen LogP contribution in [0.15, 0.2) is 42.7 Å². The molecule has 0 amide bonds. The summed E-state index contributed by atoms with van der Waals surface area (Å²) in [4.78, 5) is 3.31. The SMILES string of the molecule is CC(NCCc1c[nH]c2ccccc12)c1ccn[nH]1. The van der Waals surface area contributed by atoms with E-state index in [9.17, 15) is 0 Å². The second-order valence-corrected chi connectivity index (χ2v) is 4.80. The van der Waals surface area contributed by atoms with Crippen molar-refractivity contribution >= 4 is 10.9 Å². The van der Waals surface area contributed by atoms with Gasteiger partial charge in [0.2, 0.25) is 0 Å². The van der Waals surface area contributed by atoms with Gasteiger partial charge in [0.15, 0.2) is 0 Å². The number of hydrogen-bond donors (Lipinski definition) is 3. The van der Waals surface area contributed by atoms with Crippen LogP contribution in [0.25, 0.3) is 10.9 Å². The van der Waals surface area contributed by atoms with E-state index >= 15 is 0 Å². The molecule has 19 heavy (non-hydrogen) atoms. The molecule has 0 fully saturated rings. The van der Waals surface area contributed by atoms with Crippen LogP contribution in [0.2, 0.25) is 0 Å². The van der Waals surface area contributed by atoms with Crippen LogP contribution in [-0.2, 0) is 6.42 Å². The molecular formula is C15H18N4. The highest BCUT2D eigenvalue weighted by atomic mass is 15.1. The van der Waals surface area contributed by atoms with Crippen LogP contribution in [0.5, 0.6) is 0 Å². The van der Waals surface area contributed by atoms with Crippen LogP contribution in [0, 0.1) is 0 Å². The lowest BCUT2D eigenvalue weighted by Crippen LogP contribution is -2.21. The fourth-order valence-corrected chi connectivity index (χ4v) is 2.38. The fourth-order valence-electron chi connectivity index (χ4n) is 2.38. The summed E-state index contributed by atoms with van der Waals surface area (Å²) in [7, 11) is 0. The highest BCUT2D eigenvalue weighted by molar-refractivity contribution is 5.83. The standard InChI is InChI=1S/C15H18N4/c1-11(14-7-9-18-19-14)16-8-6-12-10-17-15-5-3-2-4-13(12)15/h2-5,7,9-11,16-17H,6,8H2,1H3,(H,18,19). The zero-order chi connectivity index (χ0) is 13.1. The summed E-state index contributed by atoms with van der Waals surface area (Å²) in [5.74, 6) is 0. The van der Waals surface area contributed by atoms with Crippen molar-refractivity contribution in [1.29, 1.82) is 0 Å². The maximum atomic E-state index is 3.97. The number of H-pyrrole nitrogens is 2. The number of para-hydroxylation sites is 1. The summed E-state index contributed by atoms with van der Waals surface area (Å²) >= 11 is 0. The van der Waals surface area contributed by atoms with Gasteiger partial charge >= 0.3 is 0 Å². The van der Waals surface area contributed by atoms with Crippen LogP contribution in [0.4, 0.5) is 0 Å². The number of fused-ring (bicyclic) bond motifs is 1. The van der Waals surface area contributed by atoms with Gasteiger partial charge in [-0.2, -0.15) is 5.10 Å². The second-order valence-electron chi connectivity index (χ2n) is 4.80. The highest BCUT2D eigenvalue weighted by Crippen LogP contribution is 2.18. The molecule has 2 heterocycles. The Bertz CT molecular complexity index is 639. The van der Waals surface area contributed by atoms with Crippen molar-refractivity contribution in [1.82, 2.24) is 20.5 Å². The van der Waals surface area contributed by atoms with Gasteiger partial charge in [-0.3, -0.25) is 5.10 Å². The smallest absolute Gasteiger partial charge is 0.0518 e. The minimum Gasteiger partial charge on any atom is -0.361 e. The molecule has 98 valence electrons. The van der Waals surface area contributed by atoms with Crippen LogP contribution >= 0.6 is 0 Å². The van der Waals surface area contributed by atoms with Gasteiger partial charge in [0.1, 0.15) is 0 Å². The molecule has 4 nitrogen and oxygen atoms in total. The largest absolute Gasteiger partial charge is 0.361 e. The minimum atomic E-state index is 0.299. The summed E-state index contributed by atoms with van der Waals surface area (Å²) in [6.07, 6.45) is 4.91. The second kappa shape index (κ2) is 5.28. The maximum Gasteiger partial charge on any atom is 0.0518 e. The molecule has 1 aromatic carbocycles. The maximum absolute atomic E-state index is 3.97. The number of nitrogens with zero attached hydrogens (tertiary/aromatic N) is 1. The normalized spacial score (nSPS) is 12.9. The third kappa shape index (κ3) is 2.53. The van der Waals surface area contributed by atoms with E-state index in [4.69, 9.17) is 0 Å². The first-order valence-corrected chi connectivity index (χ1v) is 6.62. The molecule has 3 N–H and O–H groups in total. The number of hydrogen-bond acceptors (Lipinski definition) is 2. The average molecular weight is 254 g/mol. The Hall–Kier alpha value is -2.07. The number of rotatable bonds is 5.